The topological polar surface area (TPSA) is 172 Å². The summed E-state index contributed by atoms with van der Waals surface area (Å²) in [6.45, 7) is 1.33. The van der Waals surface area contributed by atoms with Gasteiger partial charge in [-0.15, -0.1) is 0 Å². The Morgan fingerprint density at radius 2 is 1.63 bits per heavy atom. The number of aliphatic hydroxyl groups excluding tert-OH is 3. The third-order valence-corrected chi connectivity index (χ3v) is 11.6. The molecule has 11 heteroatoms. The number of rotatable bonds is 21. The minimum Gasteiger partial charge on any atom is -0.670 e. The van der Waals surface area contributed by atoms with Crippen molar-refractivity contribution in [3.8, 4) is 28.7 Å². The average Bonchev–Trinajstić information content (AvgIpc) is 3.77. The lowest BCUT2D eigenvalue weighted by Gasteiger charge is -2.34. The molecule has 6 rings (SSSR count). The number of ether oxygens (including phenoxy) is 3. The largest absolute Gasteiger partial charge is 0.670 e. The molecule has 1 aromatic heterocycles. The molecule has 0 bridgehead atoms. The van der Waals surface area contributed by atoms with Gasteiger partial charge >= 0.3 is 0 Å². The number of Topliss-reactive ketones (excluding diaryl/α,β-unsaturated/α-hetero) is 1. The number of ketones is 1. The van der Waals surface area contributed by atoms with Crippen molar-refractivity contribution in [1.82, 2.24) is 10.3 Å². The van der Waals surface area contributed by atoms with Gasteiger partial charge in [-0.1, -0.05) is 73.2 Å². The Morgan fingerprint density at radius 1 is 0.833 bits per heavy atom. The van der Waals surface area contributed by atoms with E-state index in [0.29, 0.717) is 59.7 Å². The predicted molar refractivity (Wildman–Crippen MR) is 231 cm³/mol. The number of carbonyl (C=O) groups is 1. The number of phenolic OH excluding ortho intramolecular Hbond substituents is 2. The van der Waals surface area contributed by atoms with Crippen LogP contribution in [0.5, 0.6) is 28.7 Å². The van der Waals surface area contributed by atoms with E-state index in [1.165, 1.54) is 25.8 Å². The fourth-order valence-electron chi connectivity index (χ4n) is 8.50. The van der Waals surface area contributed by atoms with Crippen LogP contribution in [-0.2, 0) is 48.9 Å². The standard InChI is InChI=1S/C49H55N2O9/c1-5-34-11-12-35-8-6-7-9-40(35)41(34)24-42-36(13-14-43(55)48(42)59-4)22-37(18-32-16-17-51-28-32)44(56)25-47(57)49(29-52,38-19-33(27-50-2)20-39(54)23-38)26-31-10-15-45(60-30-53)46(21-31)58-3/h6-17,19-21,23,28,37,44,50,52-56H,5,18,22,24-27,29-30H2,1-4H3/q-1. The number of hydrogen-bond donors (Lipinski definition) is 6. The van der Waals surface area contributed by atoms with Gasteiger partial charge in [0.15, 0.2) is 29.8 Å². The quantitative estimate of drug-likeness (QED) is 0.0450. The van der Waals surface area contributed by atoms with Crippen LogP contribution >= 0.6 is 0 Å². The van der Waals surface area contributed by atoms with Gasteiger partial charge in [0.25, 0.3) is 0 Å². The zero-order chi connectivity index (χ0) is 42.8. The van der Waals surface area contributed by atoms with E-state index in [-0.39, 0.29) is 24.3 Å². The number of benzene rings is 5. The van der Waals surface area contributed by atoms with Crippen molar-refractivity contribution in [3.63, 3.8) is 0 Å². The molecular formula is C49H55N2O9-. The van der Waals surface area contributed by atoms with Gasteiger partial charge in [0.1, 0.15) is 11.5 Å². The van der Waals surface area contributed by atoms with Crippen molar-refractivity contribution >= 4 is 16.6 Å². The number of carbonyl (C=O) groups excluding carboxylic acids is 1. The molecule has 0 aliphatic heterocycles. The molecule has 1 heterocycles. The zero-order valence-corrected chi connectivity index (χ0v) is 34.6. The van der Waals surface area contributed by atoms with Crippen molar-refractivity contribution in [1.29, 1.82) is 0 Å². The number of aryl methyl sites for hydroxylation is 1. The fourth-order valence-corrected chi connectivity index (χ4v) is 8.50. The first-order valence-corrected chi connectivity index (χ1v) is 20.2. The Hall–Kier alpha value is -5.85. The molecule has 6 N–H and O–H groups in total. The number of methoxy groups -OCH3 is 2. The number of aliphatic hydroxyl groups is 3. The molecule has 0 aliphatic rings. The molecule has 316 valence electrons. The molecule has 11 nitrogen and oxygen atoms in total. The van der Waals surface area contributed by atoms with Gasteiger partial charge < -0.3 is 50.0 Å². The summed E-state index contributed by atoms with van der Waals surface area (Å²) in [6, 6.07) is 27.7. The predicted octanol–water partition coefficient (Wildman–Crippen LogP) is 6.32. The summed E-state index contributed by atoms with van der Waals surface area (Å²) >= 11 is 0. The van der Waals surface area contributed by atoms with Gasteiger partial charge in [-0.25, -0.2) is 0 Å². The van der Waals surface area contributed by atoms with E-state index in [0.717, 1.165) is 39.4 Å². The van der Waals surface area contributed by atoms with E-state index in [4.69, 9.17) is 14.2 Å². The molecule has 0 fully saturated rings. The minimum absolute atomic E-state index is 0.00515. The molecule has 3 atom stereocenters. The first-order valence-electron chi connectivity index (χ1n) is 20.2. The second-order valence-electron chi connectivity index (χ2n) is 15.3. The summed E-state index contributed by atoms with van der Waals surface area (Å²) < 4.78 is 16.7. The van der Waals surface area contributed by atoms with E-state index in [2.05, 4.69) is 41.5 Å². The van der Waals surface area contributed by atoms with Gasteiger partial charge in [0.2, 0.25) is 0 Å². The zero-order valence-electron chi connectivity index (χ0n) is 34.6. The average molecular weight is 816 g/mol. The van der Waals surface area contributed by atoms with Crippen molar-refractivity contribution in [2.24, 2.45) is 5.92 Å². The Bertz CT molecular complexity index is 2380. The van der Waals surface area contributed by atoms with E-state index in [1.807, 2.05) is 24.3 Å². The lowest BCUT2D eigenvalue weighted by atomic mass is 9.70. The lowest BCUT2D eigenvalue weighted by molar-refractivity contribution is -0.129. The van der Waals surface area contributed by atoms with E-state index in [9.17, 15) is 25.5 Å². The minimum atomic E-state index is -1.60. The van der Waals surface area contributed by atoms with Crippen LogP contribution in [0.3, 0.4) is 0 Å². The molecular weight excluding hydrogens is 761 g/mol. The highest BCUT2D eigenvalue weighted by Crippen LogP contribution is 2.40. The van der Waals surface area contributed by atoms with Gasteiger partial charge in [0.05, 0.1) is 32.3 Å². The maximum atomic E-state index is 15.1. The van der Waals surface area contributed by atoms with Crippen LogP contribution in [0.25, 0.3) is 10.8 Å². The third-order valence-electron chi connectivity index (χ3n) is 11.6. The number of aromatic hydroxyl groups is 2. The number of phenols is 2. The molecule has 60 heavy (non-hydrogen) atoms. The summed E-state index contributed by atoms with van der Waals surface area (Å²) in [6.07, 6.45) is 3.89. The smallest absolute Gasteiger partial charge is 0.186 e. The third kappa shape index (κ3) is 9.61. The van der Waals surface area contributed by atoms with Gasteiger partial charge in [-0.2, -0.15) is 12.4 Å². The highest BCUT2D eigenvalue weighted by atomic mass is 16.6. The first kappa shape index (κ1) is 43.7. The van der Waals surface area contributed by atoms with E-state index >= 15 is 4.79 Å². The van der Waals surface area contributed by atoms with Crippen LogP contribution in [-0.4, -0.2) is 72.1 Å². The second-order valence-corrected chi connectivity index (χ2v) is 15.3. The van der Waals surface area contributed by atoms with Crippen molar-refractivity contribution in [2.75, 3.05) is 34.7 Å². The number of nitrogens with one attached hydrogen (secondary N) is 1. The Labute approximate surface area is 351 Å². The van der Waals surface area contributed by atoms with Crippen molar-refractivity contribution in [2.45, 2.75) is 63.5 Å². The molecule has 0 amide bonds. The maximum Gasteiger partial charge on any atom is 0.186 e. The number of hydrogen-bond acceptors (Lipinski definition) is 10. The summed E-state index contributed by atoms with van der Waals surface area (Å²) in [7, 11) is 4.77. The molecule has 0 saturated heterocycles. The Kier molecular flexibility index (Phi) is 14.5. The van der Waals surface area contributed by atoms with Crippen molar-refractivity contribution in [3.05, 3.63) is 148 Å². The van der Waals surface area contributed by atoms with Crippen LogP contribution < -0.4 is 24.5 Å². The maximum absolute atomic E-state index is 15.1. The normalized spacial score (nSPS) is 13.4. The van der Waals surface area contributed by atoms with Crippen molar-refractivity contribution < 1.29 is 44.5 Å². The van der Waals surface area contributed by atoms with Crippen LogP contribution in [0.2, 0.25) is 0 Å². The molecule has 3 unspecified atom stereocenters. The summed E-state index contributed by atoms with van der Waals surface area (Å²) in [4.78, 5) is 19.3. The monoisotopic (exact) mass is 815 g/mol. The summed E-state index contributed by atoms with van der Waals surface area (Å²) in [5.41, 5.74) is 4.94. The van der Waals surface area contributed by atoms with Crippen LogP contribution in [0.1, 0.15) is 57.9 Å². The van der Waals surface area contributed by atoms with Gasteiger partial charge in [-0.05, 0) is 113 Å². The molecule has 6 aromatic rings. The number of nitrogens with zero attached hydrogens (tertiary/aromatic N) is 1. The Morgan fingerprint density at radius 3 is 2.33 bits per heavy atom. The molecule has 0 spiro atoms. The van der Waals surface area contributed by atoms with E-state index < -0.39 is 36.6 Å². The molecule has 5 aromatic carbocycles. The SMILES string of the molecule is CCc1ccc2ccccc2c1Cc1c(CC(Cc2cc[n-]c2)C(O)CC(=O)C(CO)(Cc2ccc(OCO)c(OC)c2)c2cc(O)cc(CNC)c2)ccc(O)c1OC. The molecule has 0 saturated carbocycles. The van der Waals surface area contributed by atoms with Crippen LogP contribution in [0.15, 0.2) is 103 Å². The van der Waals surface area contributed by atoms with Crippen LogP contribution in [0.4, 0.5) is 0 Å². The van der Waals surface area contributed by atoms with E-state index in [1.54, 1.807) is 55.8 Å². The lowest BCUT2D eigenvalue weighted by Crippen LogP contribution is -2.44. The van der Waals surface area contributed by atoms with Gasteiger partial charge in [-0.3, -0.25) is 4.79 Å². The van der Waals surface area contributed by atoms with Crippen LogP contribution in [0, 0.1) is 5.92 Å². The highest BCUT2D eigenvalue weighted by Gasteiger charge is 2.42. The highest BCUT2D eigenvalue weighted by molar-refractivity contribution is 5.91. The molecule has 0 radical (unpaired) electrons. The second kappa shape index (κ2) is 19.9. The summed E-state index contributed by atoms with van der Waals surface area (Å²) in [5.74, 6) is -0.0217. The number of fused-ring (bicyclic) bond motifs is 1. The van der Waals surface area contributed by atoms with Gasteiger partial charge in [0, 0.05) is 24.9 Å². The fraction of sp³-hybridized carbons (Fsp3) is 0.327. The summed E-state index contributed by atoms with van der Waals surface area (Å²) in [5, 5.41) is 60.4. The Balaban J connectivity index is 1.41. The molecule has 0 aliphatic carbocycles. The number of aromatic nitrogens is 1. The first-order chi connectivity index (χ1) is 29.1.